The Labute approximate surface area is 297 Å². The number of cyclic esters (lactones) is 1. The zero-order valence-electron chi connectivity index (χ0n) is 28.4. The molecule has 266 valence electrons. The minimum atomic E-state index is -1.51. The Kier molecular flexibility index (Phi) is 10.8. The van der Waals surface area contributed by atoms with E-state index in [4.69, 9.17) is 25.8 Å². The van der Waals surface area contributed by atoms with E-state index in [0.29, 0.717) is 29.1 Å². The van der Waals surface area contributed by atoms with Crippen molar-refractivity contribution in [2.24, 2.45) is 17.8 Å². The first-order valence-electron chi connectivity index (χ1n) is 17.2. The van der Waals surface area contributed by atoms with Crippen LogP contribution >= 0.6 is 11.6 Å². The summed E-state index contributed by atoms with van der Waals surface area (Å²) in [6.07, 6.45) is 6.38. The molecule has 3 amide bonds. The van der Waals surface area contributed by atoms with E-state index >= 15 is 4.79 Å². The van der Waals surface area contributed by atoms with Crippen LogP contribution in [0.5, 0.6) is 0 Å². The van der Waals surface area contributed by atoms with Crippen molar-refractivity contribution in [3.8, 4) is 0 Å². The minimum absolute atomic E-state index is 0.0510. The molecule has 2 aromatic carbocycles. The van der Waals surface area contributed by atoms with Crippen LogP contribution in [-0.4, -0.2) is 90.4 Å². The SMILES string of the molecule is CC[C@H](C)[C@H](CO)N1C(=O)[C@@H]2[C@H]3C(=O)O[C@@H](c4ccccc4)[C@H](COC)NC(=O)CC/C=C\CN(c4ccccc4Cl)C(=O)[C@@H]1[C@]21C=C[C@H]3O1. The second-order valence-electron chi connectivity index (χ2n) is 13.4. The first-order chi connectivity index (χ1) is 24.2. The van der Waals surface area contributed by atoms with E-state index in [1.54, 1.807) is 54.6 Å². The standard InChI is InChI=1S/C38H44ClN3O8/c1-4-23(2)28(21-43)42-34-36(46)41(27-16-11-10-15-25(27)39)20-12-6-9-17-30(44)40-26(22-48-3)33(24-13-7-5-8-14-24)49-37(47)31-29-18-19-38(34,50-29)32(31)35(42)45/h5-8,10-16,18-19,23,26,28-29,31-34,43H,4,9,17,20-22H2,1-3H3,(H,40,44)/b12-6-/t23-,26-,28-,29+,31-,32-,33-,34+,38-/m0/s1. The van der Waals surface area contributed by atoms with Crippen LogP contribution in [0.4, 0.5) is 5.69 Å². The van der Waals surface area contributed by atoms with Gasteiger partial charge < -0.3 is 34.4 Å². The topological polar surface area (TPSA) is 135 Å². The van der Waals surface area contributed by atoms with E-state index in [1.807, 2.05) is 38.1 Å². The number of carbonyl (C=O) groups is 4. The molecule has 4 aliphatic heterocycles. The lowest BCUT2D eigenvalue weighted by atomic mass is 9.74. The number of halogens is 1. The Morgan fingerprint density at radius 1 is 1.06 bits per heavy atom. The number of para-hydroxylation sites is 1. The molecule has 2 saturated heterocycles. The van der Waals surface area contributed by atoms with Crippen LogP contribution in [0.15, 0.2) is 78.9 Å². The molecule has 0 unspecified atom stereocenters. The molecule has 2 aromatic rings. The maximum Gasteiger partial charge on any atom is 0.313 e. The fraction of sp³-hybridized carbons (Fsp3) is 0.474. The molecule has 2 fully saturated rings. The maximum atomic E-state index is 15.1. The number of nitrogens with zero attached hydrogens (tertiary/aromatic N) is 2. The van der Waals surface area contributed by atoms with Gasteiger partial charge in [-0.1, -0.05) is 98.6 Å². The summed E-state index contributed by atoms with van der Waals surface area (Å²) < 4.78 is 18.4. The van der Waals surface area contributed by atoms with Gasteiger partial charge >= 0.3 is 5.97 Å². The quantitative estimate of drug-likeness (QED) is 0.311. The summed E-state index contributed by atoms with van der Waals surface area (Å²) in [5.41, 5.74) is -0.449. The lowest BCUT2D eigenvalue weighted by molar-refractivity contribution is -0.162. The van der Waals surface area contributed by atoms with Gasteiger partial charge in [-0.05, 0) is 30.0 Å². The van der Waals surface area contributed by atoms with Crippen LogP contribution < -0.4 is 10.2 Å². The van der Waals surface area contributed by atoms with Crippen molar-refractivity contribution < 1.29 is 38.5 Å². The summed E-state index contributed by atoms with van der Waals surface area (Å²) in [7, 11) is 1.50. The Morgan fingerprint density at radius 2 is 1.80 bits per heavy atom. The van der Waals surface area contributed by atoms with E-state index in [0.717, 1.165) is 0 Å². The molecule has 11 nitrogen and oxygen atoms in total. The number of aliphatic hydroxyl groups is 1. The second kappa shape index (κ2) is 15.1. The number of ether oxygens (including phenoxy) is 3. The monoisotopic (exact) mass is 705 g/mol. The minimum Gasteiger partial charge on any atom is -0.455 e. The van der Waals surface area contributed by atoms with Crippen LogP contribution in [0.1, 0.15) is 44.8 Å². The van der Waals surface area contributed by atoms with Crippen molar-refractivity contribution in [3.05, 3.63) is 89.5 Å². The molecule has 0 saturated carbocycles. The summed E-state index contributed by atoms with van der Waals surface area (Å²) in [5.74, 6) is -4.30. The van der Waals surface area contributed by atoms with E-state index in [1.165, 1.54) is 16.9 Å². The lowest BCUT2D eigenvalue weighted by Gasteiger charge is -2.40. The van der Waals surface area contributed by atoms with Gasteiger partial charge in [0.2, 0.25) is 11.8 Å². The zero-order valence-corrected chi connectivity index (χ0v) is 29.2. The Balaban J connectivity index is 1.50. The van der Waals surface area contributed by atoms with E-state index in [9.17, 15) is 19.5 Å². The number of anilines is 1. The summed E-state index contributed by atoms with van der Waals surface area (Å²) in [6.45, 7) is 3.61. The fourth-order valence-electron chi connectivity index (χ4n) is 7.86. The van der Waals surface area contributed by atoms with Crippen LogP contribution in [0.2, 0.25) is 5.02 Å². The summed E-state index contributed by atoms with van der Waals surface area (Å²) in [4.78, 5) is 60.6. The third kappa shape index (κ3) is 6.36. The number of amides is 3. The molecule has 1 spiro atoms. The molecule has 12 heteroatoms. The number of benzene rings is 2. The maximum absolute atomic E-state index is 15.1. The van der Waals surface area contributed by atoms with Crippen molar-refractivity contribution in [1.82, 2.24) is 10.2 Å². The molecule has 9 atom stereocenters. The Hall–Kier alpha value is -4.03. The van der Waals surface area contributed by atoms with E-state index < -0.39 is 72.2 Å². The average molecular weight is 706 g/mol. The van der Waals surface area contributed by atoms with Gasteiger partial charge in [0.1, 0.15) is 23.7 Å². The summed E-state index contributed by atoms with van der Waals surface area (Å²) in [6, 6.07) is 13.3. The fourth-order valence-corrected chi connectivity index (χ4v) is 8.10. The Bertz CT molecular complexity index is 1650. The molecule has 6 rings (SSSR count). The van der Waals surface area contributed by atoms with Gasteiger partial charge in [-0.15, -0.1) is 0 Å². The largest absolute Gasteiger partial charge is 0.455 e. The van der Waals surface area contributed by atoms with Gasteiger partial charge in [0.25, 0.3) is 5.91 Å². The molecular weight excluding hydrogens is 662 g/mol. The van der Waals surface area contributed by atoms with Crippen molar-refractivity contribution in [3.63, 3.8) is 0 Å². The number of nitrogens with one attached hydrogen (secondary N) is 1. The second-order valence-corrected chi connectivity index (χ2v) is 13.8. The number of esters is 1. The highest BCUT2D eigenvalue weighted by Gasteiger charge is 2.74. The highest BCUT2D eigenvalue weighted by molar-refractivity contribution is 6.34. The first kappa shape index (κ1) is 35.8. The van der Waals surface area contributed by atoms with Crippen LogP contribution in [0.25, 0.3) is 0 Å². The molecule has 2 N–H and O–H groups in total. The summed E-state index contributed by atoms with van der Waals surface area (Å²) in [5, 5.41) is 14.1. The first-order valence-corrected chi connectivity index (χ1v) is 17.6. The molecule has 4 aliphatic rings. The number of hydrogen-bond acceptors (Lipinski definition) is 8. The number of allylic oxidation sites excluding steroid dienone is 1. The van der Waals surface area contributed by atoms with Gasteiger partial charge in [0.15, 0.2) is 0 Å². The zero-order chi connectivity index (χ0) is 35.6. The molecule has 4 heterocycles. The molecule has 50 heavy (non-hydrogen) atoms. The molecule has 5 bridgehead atoms. The lowest BCUT2D eigenvalue weighted by Crippen LogP contribution is -2.59. The van der Waals surface area contributed by atoms with Crippen molar-refractivity contribution in [1.29, 1.82) is 0 Å². The Morgan fingerprint density at radius 3 is 2.50 bits per heavy atom. The number of methoxy groups -OCH3 is 1. The summed E-state index contributed by atoms with van der Waals surface area (Å²) >= 11 is 6.67. The molecule has 0 radical (unpaired) electrons. The number of aliphatic hydroxyl groups excluding tert-OH is 1. The predicted octanol–water partition coefficient (Wildman–Crippen LogP) is 4.00. The number of hydrogen-bond donors (Lipinski definition) is 2. The van der Waals surface area contributed by atoms with Gasteiger partial charge in [0, 0.05) is 20.1 Å². The molecule has 0 aromatic heterocycles. The molecule has 0 aliphatic carbocycles. The van der Waals surface area contributed by atoms with Crippen molar-refractivity contribution in [2.45, 2.75) is 69.0 Å². The predicted molar refractivity (Wildman–Crippen MR) is 186 cm³/mol. The highest BCUT2D eigenvalue weighted by atomic mass is 35.5. The average Bonchev–Trinajstić information content (AvgIpc) is 3.76. The van der Waals surface area contributed by atoms with Crippen molar-refractivity contribution in [2.75, 3.05) is 31.8 Å². The number of fused-ring (bicyclic) bond motifs is 2. The number of carbonyl (C=O) groups excluding carboxylic acids is 4. The third-order valence-electron chi connectivity index (χ3n) is 10.5. The highest BCUT2D eigenvalue weighted by Crippen LogP contribution is 2.57. The van der Waals surface area contributed by atoms with Crippen LogP contribution in [0, 0.1) is 17.8 Å². The van der Waals surface area contributed by atoms with Crippen LogP contribution in [-0.2, 0) is 33.4 Å². The van der Waals surface area contributed by atoms with Gasteiger partial charge in [-0.2, -0.15) is 0 Å². The number of rotatable bonds is 8. The van der Waals surface area contributed by atoms with Crippen LogP contribution in [0.3, 0.4) is 0 Å². The van der Waals surface area contributed by atoms with Gasteiger partial charge in [-0.3, -0.25) is 19.2 Å². The van der Waals surface area contributed by atoms with E-state index in [2.05, 4.69) is 5.32 Å². The smallest absolute Gasteiger partial charge is 0.313 e. The van der Waals surface area contributed by atoms with E-state index in [-0.39, 0.29) is 31.4 Å². The van der Waals surface area contributed by atoms with Gasteiger partial charge in [-0.25, -0.2) is 0 Å². The normalized spacial score (nSPS) is 31.7. The van der Waals surface area contributed by atoms with Crippen molar-refractivity contribution >= 4 is 41.0 Å². The number of likely N-dealkylation sites (tertiary alicyclic amines) is 1. The van der Waals surface area contributed by atoms with Gasteiger partial charge in [0.05, 0.1) is 48.0 Å². The third-order valence-corrected chi connectivity index (χ3v) is 10.8. The molecular formula is C38H44ClN3O8.